The summed E-state index contributed by atoms with van der Waals surface area (Å²) >= 11 is 5.83. The molecular formula is C13H10ClN3. The van der Waals surface area contributed by atoms with E-state index in [1.807, 2.05) is 29.1 Å². The zero-order valence-corrected chi connectivity index (χ0v) is 9.80. The molecule has 0 aliphatic carbocycles. The first-order valence-corrected chi connectivity index (χ1v) is 5.72. The predicted molar refractivity (Wildman–Crippen MR) is 68.1 cm³/mol. The molecule has 0 aliphatic rings. The third kappa shape index (κ3) is 2.15. The van der Waals surface area contributed by atoms with E-state index in [9.17, 15) is 0 Å². The van der Waals surface area contributed by atoms with Crippen molar-refractivity contribution >= 4 is 22.5 Å². The Morgan fingerprint density at radius 2 is 2.00 bits per heavy atom. The number of pyridine rings is 1. The summed E-state index contributed by atoms with van der Waals surface area (Å²) in [7, 11) is 0. The zero-order valence-electron chi connectivity index (χ0n) is 9.05. The fraction of sp³-hybridized carbons (Fsp3) is 0.0769. The first-order chi connectivity index (χ1) is 8.31. The maximum absolute atomic E-state index is 5.83. The second-order valence-corrected chi connectivity index (χ2v) is 4.27. The number of hydrogen-bond acceptors (Lipinski definition) is 2. The molecule has 3 rings (SSSR count). The summed E-state index contributed by atoms with van der Waals surface area (Å²) in [5.74, 6) is 0. The third-order valence-corrected chi connectivity index (χ3v) is 2.80. The van der Waals surface area contributed by atoms with E-state index in [1.54, 1.807) is 12.3 Å². The summed E-state index contributed by atoms with van der Waals surface area (Å²) < 4.78 is 1.90. The number of rotatable bonds is 2. The molecule has 4 heteroatoms. The van der Waals surface area contributed by atoms with Gasteiger partial charge in [0.05, 0.1) is 12.1 Å². The lowest BCUT2D eigenvalue weighted by atomic mass is 10.2. The van der Waals surface area contributed by atoms with Gasteiger partial charge < -0.3 is 0 Å². The molecule has 0 aliphatic heterocycles. The Morgan fingerprint density at radius 1 is 1.18 bits per heavy atom. The lowest BCUT2D eigenvalue weighted by Crippen LogP contribution is -1.99. The monoisotopic (exact) mass is 243 g/mol. The van der Waals surface area contributed by atoms with Crippen LogP contribution >= 0.6 is 11.6 Å². The van der Waals surface area contributed by atoms with Gasteiger partial charge in [0.1, 0.15) is 5.15 Å². The van der Waals surface area contributed by atoms with E-state index in [4.69, 9.17) is 11.6 Å². The van der Waals surface area contributed by atoms with Crippen molar-refractivity contribution in [3.8, 4) is 0 Å². The molecule has 0 bridgehead atoms. The highest BCUT2D eigenvalue weighted by atomic mass is 35.5. The van der Waals surface area contributed by atoms with Gasteiger partial charge in [-0.1, -0.05) is 41.9 Å². The van der Waals surface area contributed by atoms with Crippen LogP contribution in [0.2, 0.25) is 5.15 Å². The molecule has 3 nitrogen and oxygen atoms in total. The molecule has 3 aromatic rings. The van der Waals surface area contributed by atoms with Crippen LogP contribution in [0.5, 0.6) is 0 Å². The van der Waals surface area contributed by atoms with Crippen molar-refractivity contribution in [3.63, 3.8) is 0 Å². The standard InChI is InChI=1S/C13H10ClN3/c14-13-6-12-11(7-15-13)9-17(16-12)8-10-4-2-1-3-5-10/h1-7,9H,8H2. The Morgan fingerprint density at radius 3 is 2.82 bits per heavy atom. The van der Waals surface area contributed by atoms with Crippen molar-refractivity contribution in [1.29, 1.82) is 0 Å². The Balaban J connectivity index is 1.96. The lowest BCUT2D eigenvalue weighted by Gasteiger charge is -2.00. The summed E-state index contributed by atoms with van der Waals surface area (Å²) in [4.78, 5) is 4.04. The number of fused-ring (bicyclic) bond motifs is 1. The van der Waals surface area contributed by atoms with Crippen LogP contribution in [0.3, 0.4) is 0 Å². The fourth-order valence-electron chi connectivity index (χ4n) is 1.80. The van der Waals surface area contributed by atoms with Gasteiger partial charge in [0, 0.05) is 23.8 Å². The van der Waals surface area contributed by atoms with Gasteiger partial charge in [0.2, 0.25) is 0 Å². The van der Waals surface area contributed by atoms with Crippen LogP contribution in [0, 0.1) is 0 Å². The highest BCUT2D eigenvalue weighted by Gasteiger charge is 2.02. The average molecular weight is 244 g/mol. The zero-order chi connectivity index (χ0) is 11.7. The number of benzene rings is 1. The largest absolute Gasteiger partial charge is 0.267 e. The van der Waals surface area contributed by atoms with Gasteiger partial charge in [-0.3, -0.25) is 4.68 Å². The van der Waals surface area contributed by atoms with Crippen LogP contribution in [0.1, 0.15) is 5.56 Å². The Labute approximate surface area is 104 Å². The van der Waals surface area contributed by atoms with E-state index in [0.29, 0.717) is 5.15 Å². The van der Waals surface area contributed by atoms with Gasteiger partial charge in [-0.25, -0.2) is 4.98 Å². The number of hydrogen-bond donors (Lipinski definition) is 0. The molecule has 2 heterocycles. The van der Waals surface area contributed by atoms with E-state index in [-0.39, 0.29) is 0 Å². The van der Waals surface area contributed by atoms with Gasteiger partial charge in [0.25, 0.3) is 0 Å². The molecule has 0 saturated carbocycles. The highest BCUT2D eigenvalue weighted by molar-refractivity contribution is 6.29. The fourth-order valence-corrected chi connectivity index (χ4v) is 1.95. The minimum absolute atomic E-state index is 0.475. The van der Waals surface area contributed by atoms with Gasteiger partial charge in [-0.15, -0.1) is 0 Å². The molecule has 1 aromatic carbocycles. The second-order valence-electron chi connectivity index (χ2n) is 3.88. The summed E-state index contributed by atoms with van der Waals surface area (Å²) in [5.41, 5.74) is 2.10. The van der Waals surface area contributed by atoms with Gasteiger partial charge >= 0.3 is 0 Å². The van der Waals surface area contributed by atoms with Crippen molar-refractivity contribution in [2.75, 3.05) is 0 Å². The SMILES string of the molecule is Clc1cc2nn(Cc3ccccc3)cc2cn1. The van der Waals surface area contributed by atoms with Crippen molar-refractivity contribution in [3.05, 3.63) is 59.5 Å². The summed E-state index contributed by atoms with van der Waals surface area (Å²) in [5, 5.41) is 5.94. The third-order valence-electron chi connectivity index (χ3n) is 2.59. The molecule has 17 heavy (non-hydrogen) atoms. The lowest BCUT2D eigenvalue weighted by molar-refractivity contribution is 0.696. The van der Waals surface area contributed by atoms with Crippen LogP contribution in [0.25, 0.3) is 10.9 Å². The quantitative estimate of drug-likeness (QED) is 0.648. The van der Waals surface area contributed by atoms with Crippen LogP contribution < -0.4 is 0 Å². The molecule has 0 fully saturated rings. The van der Waals surface area contributed by atoms with Gasteiger partial charge in [-0.2, -0.15) is 5.10 Å². The second kappa shape index (κ2) is 4.18. The van der Waals surface area contributed by atoms with E-state index >= 15 is 0 Å². The minimum atomic E-state index is 0.475. The van der Waals surface area contributed by atoms with Gasteiger partial charge in [-0.05, 0) is 5.56 Å². The van der Waals surface area contributed by atoms with Gasteiger partial charge in [0.15, 0.2) is 0 Å². The number of halogens is 1. The molecular weight excluding hydrogens is 234 g/mol. The Hall–Kier alpha value is -1.87. The van der Waals surface area contributed by atoms with E-state index in [0.717, 1.165) is 17.4 Å². The molecule has 0 atom stereocenters. The first-order valence-electron chi connectivity index (χ1n) is 5.34. The number of nitrogens with zero attached hydrogens (tertiary/aromatic N) is 3. The smallest absolute Gasteiger partial charge is 0.131 e. The normalized spacial score (nSPS) is 10.9. The maximum atomic E-state index is 5.83. The predicted octanol–water partition coefficient (Wildman–Crippen LogP) is 3.13. The van der Waals surface area contributed by atoms with Crippen molar-refractivity contribution in [1.82, 2.24) is 14.8 Å². The van der Waals surface area contributed by atoms with Crippen LogP contribution in [-0.4, -0.2) is 14.8 Å². The summed E-state index contributed by atoms with van der Waals surface area (Å²) in [6.07, 6.45) is 3.72. The minimum Gasteiger partial charge on any atom is -0.267 e. The van der Waals surface area contributed by atoms with Crippen LogP contribution in [0.4, 0.5) is 0 Å². The molecule has 2 aromatic heterocycles. The first kappa shape index (κ1) is 10.3. The molecule has 0 amide bonds. The molecule has 0 unspecified atom stereocenters. The van der Waals surface area contributed by atoms with Crippen LogP contribution in [-0.2, 0) is 6.54 Å². The Kier molecular flexibility index (Phi) is 2.53. The summed E-state index contributed by atoms with van der Waals surface area (Å²) in [6, 6.07) is 12.0. The number of aromatic nitrogens is 3. The summed E-state index contributed by atoms with van der Waals surface area (Å²) in [6.45, 7) is 0.757. The maximum Gasteiger partial charge on any atom is 0.131 e. The molecule has 0 spiro atoms. The Bertz CT molecular complexity index is 646. The van der Waals surface area contributed by atoms with Crippen molar-refractivity contribution in [2.24, 2.45) is 0 Å². The topological polar surface area (TPSA) is 30.7 Å². The molecule has 0 radical (unpaired) electrons. The van der Waals surface area contributed by atoms with Crippen molar-refractivity contribution in [2.45, 2.75) is 6.54 Å². The molecule has 0 N–H and O–H groups in total. The molecule has 0 saturated heterocycles. The van der Waals surface area contributed by atoms with E-state index < -0.39 is 0 Å². The molecule has 84 valence electrons. The van der Waals surface area contributed by atoms with E-state index in [2.05, 4.69) is 22.2 Å². The van der Waals surface area contributed by atoms with E-state index in [1.165, 1.54) is 5.56 Å². The van der Waals surface area contributed by atoms with Crippen LogP contribution in [0.15, 0.2) is 48.8 Å². The highest BCUT2D eigenvalue weighted by Crippen LogP contribution is 2.15. The average Bonchev–Trinajstić information content (AvgIpc) is 2.71. The van der Waals surface area contributed by atoms with Crippen molar-refractivity contribution < 1.29 is 0 Å².